The zero-order valence-electron chi connectivity index (χ0n) is 13.7. The molecular weight excluding hydrogens is 324 g/mol. The molecule has 1 fully saturated rings. The van der Waals surface area contributed by atoms with Crippen molar-refractivity contribution in [1.29, 1.82) is 0 Å². The standard InChI is InChI=1S/C17H22N4O2S/c22-17(10-15-2-1-9-24-15)21-4-3-20-12-14(18-16(20)13-21)11-19-5-7-23-8-6-19/h1-2,9,12H,3-8,10-11,13H2. The first kappa shape index (κ1) is 15.8. The second-order valence-electron chi connectivity index (χ2n) is 6.30. The molecule has 0 aliphatic carbocycles. The van der Waals surface area contributed by atoms with E-state index in [9.17, 15) is 4.79 Å². The molecule has 1 amide bonds. The predicted octanol–water partition coefficient (Wildman–Crippen LogP) is 1.36. The highest BCUT2D eigenvalue weighted by Crippen LogP contribution is 2.17. The molecule has 0 spiro atoms. The van der Waals surface area contributed by atoms with Crippen LogP contribution >= 0.6 is 11.3 Å². The number of rotatable bonds is 4. The molecule has 4 heterocycles. The van der Waals surface area contributed by atoms with Crippen molar-refractivity contribution >= 4 is 17.2 Å². The van der Waals surface area contributed by atoms with Crippen molar-refractivity contribution in [2.75, 3.05) is 32.8 Å². The molecular formula is C17H22N4O2S. The predicted molar refractivity (Wildman–Crippen MR) is 91.8 cm³/mol. The number of amides is 1. The number of hydrogen-bond donors (Lipinski definition) is 0. The first-order chi connectivity index (χ1) is 11.8. The molecule has 0 saturated carbocycles. The van der Waals surface area contributed by atoms with Crippen LogP contribution in [0.5, 0.6) is 0 Å². The monoisotopic (exact) mass is 346 g/mol. The van der Waals surface area contributed by atoms with Gasteiger partial charge < -0.3 is 14.2 Å². The van der Waals surface area contributed by atoms with Crippen LogP contribution in [-0.2, 0) is 35.6 Å². The van der Waals surface area contributed by atoms with Crippen LogP contribution in [0, 0.1) is 0 Å². The maximum Gasteiger partial charge on any atom is 0.228 e. The average Bonchev–Trinajstić information content (AvgIpc) is 3.24. The van der Waals surface area contributed by atoms with E-state index in [1.165, 1.54) is 0 Å². The van der Waals surface area contributed by atoms with Crippen molar-refractivity contribution in [2.45, 2.75) is 26.1 Å². The third-order valence-corrected chi connectivity index (χ3v) is 5.48. The zero-order valence-corrected chi connectivity index (χ0v) is 14.5. The van der Waals surface area contributed by atoms with Gasteiger partial charge in [-0.2, -0.15) is 0 Å². The molecule has 2 aliphatic heterocycles. The van der Waals surface area contributed by atoms with Crippen LogP contribution in [0.2, 0.25) is 0 Å². The minimum Gasteiger partial charge on any atom is -0.379 e. The Bertz CT molecular complexity index is 692. The van der Waals surface area contributed by atoms with Gasteiger partial charge in [0, 0.05) is 43.8 Å². The molecule has 7 heteroatoms. The molecule has 128 valence electrons. The highest BCUT2D eigenvalue weighted by Gasteiger charge is 2.23. The smallest absolute Gasteiger partial charge is 0.228 e. The Hall–Kier alpha value is -1.70. The van der Waals surface area contributed by atoms with E-state index in [0.29, 0.717) is 13.0 Å². The number of imidazole rings is 1. The van der Waals surface area contributed by atoms with Crippen molar-refractivity contribution in [3.05, 3.63) is 40.1 Å². The number of carbonyl (C=O) groups is 1. The lowest BCUT2D eigenvalue weighted by molar-refractivity contribution is -0.131. The summed E-state index contributed by atoms with van der Waals surface area (Å²) in [6.45, 7) is 6.63. The van der Waals surface area contributed by atoms with Crippen molar-refractivity contribution in [2.24, 2.45) is 0 Å². The van der Waals surface area contributed by atoms with Crippen molar-refractivity contribution in [3.8, 4) is 0 Å². The van der Waals surface area contributed by atoms with E-state index in [1.54, 1.807) is 11.3 Å². The SMILES string of the molecule is O=C(Cc1cccs1)N1CCn2cc(CN3CCOCC3)nc2C1. The largest absolute Gasteiger partial charge is 0.379 e. The summed E-state index contributed by atoms with van der Waals surface area (Å²) in [7, 11) is 0. The number of nitrogens with zero attached hydrogens (tertiary/aromatic N) is 4. The van der Waals surface area contributed by atoms with E-state index >= 15 is 0 Å². The Morgan fingerprint density at radius 3 is 2.92 bits per heavy atom. The summed E-state index contributed by atoms with van der Waals surface area (Å²) in [6.07, 6.45) is 2.64. The second kappa shape index (κ2) is 7.04. The first-order valence-electron chi connectivity index (χ1n) is 8.43. The number of morpholine rings is 1. The van der Waals surface area contributed by atoms with Gasteiger partial charge in [0.1, 0.15) is 5.82 Å². The normalized spacial score (nSPS) is 18.6. The average molecular weight is 346 g/mol. The van der Waals surface area contributed by atoms with E-state index in [2.05, 4.69) is 15.7 Å². The summed E-state index contributed by atoms with van der Waals surface area (Å²) in [5, 5.41) is 2.02. The first-order valence-corrected chi connectivity index (χ1v) is 9.31. The Kier molecular flexibility index (Phi) is 4.64. The summed E-state index contributed by atoms with van der Waals surface area (Å²) in [5.41, 5.74) is 1.10. The van der Waals surface area contributed by atoms with Gasteiger partial charge in [0.25, 0.3) is 0 Å². The third-order valence-electron chi connectivity index (χ3n) is 4.60. The molecule has 6 nitrogen and oxygen atoms in total. The fourth-order valence-electron chi connectivity index (χ4n) is 3.26. The quantitative estimate of drug-likeness (QED) is 0.839. The summed E-state index contributed by atoms with van der Waals surface area (Å²) >= 11 is 1.64. The Morgan fingerprint density at radius 1 is 1.25 bits per heavy atom. The van der Waals surface area contributed by atoms with Gasteiger partial charge in [-0.3, -0.25) is 9.69 Å². The zero-order chi connectivity index (χ0) is 16.4. The van der Waals surface area contributed by atoms with Gasteiger partial charge in [-0.05, 0) is 11.4 Å². The number of fused-ring (bicyclic) bond motifs is 1. The maximum absolute atomic E-state index is 12.5. The molecule has 24 heavy (non-hydrogen) atoms. The van der Waals surface area contributed by atoms with Crippen molar-refractivity contribution in [3.63, 3.8) is 0 Å². The molecule has 1 saturated heterocycles. The van der Waals surface area contributed by atoms with Crippen LogP contribution in [0.1, 0.15) is 16.4 Å². The molecule has 0 aromatic carbocycles. The number of carbonyl (C=O) groups excluding carboxylic acids is 1. The second-order valence-corrected chi connectivity index (χ2v) is 7.33. The molecule has 0 radical (unpaired) electrons. The summed E-state index contributed by atoms with van der Waals surface area (Å²) < 4.78 is 7.59. The Balaban J connectivity index is 1.38. The van der Waals surface area contributed by atoms with Crippen LogP contribution in [-0.4, -0.2) is 58.1 Å². The summed E-state index contributed by atoms with van der Waals surface area (Å²) in [4.78, 5) is 22.7. The van der Waals surface area contributed by atoms with Gasteiger partial charge >= 0.3 is 0 Å². The topological polar surface area (TPSA) is 50.6 Å². The van der Waals surface area contributed by atoms with E-state index in [0.717, 1.165) is 62.3 Å². The Labute approximate surface area is 145 Å². The Morgan fingerprint density at radius 2 is 2.12 bits per heavy atom. The minimum atomic E-state index is 0.196. The van der Waals surface area contributed by atoms with Gasteiger partial charge in [-0.25, -0.2) is 4.98 Å². The lowest BCUT2D eigenvalue weighted by atomic mass is 10.2. The number of thiophene rings is 1. The lowest BCUT2D eigenvalue weighted by Crippen LogP contribution is -2.39. The van der Waals surface area contributed by atoms with Crippen LogP contribution in [0.4, 0.5) is 0 Å². The molecule has 0 bridgehead atoms. The summed E-state index contributed by atoms with van der Waals surface area (Å²) in [6, 6.07) is 4.02. The van der Waals surface area contributed by atoms with E-state index in [1.807, 2.05) is 22.4 Å². The molecule has 0 N–H and O–H groups in total. The van der Waals surface area contributed by atoms with E-state index in [-0.39, 0.29) is 5.91 Å². The molecule has 2 aliphatic rings. The number of hydrogen-bond acceptors (Lipinski definition) is 5. The fraction of sp³-hybridized carbons (Fsp3) is 0.529. The molecule has 4 rings (SSSR count). The highest BCUT2D eigenvalue weighted by atomic mass is 32.1. The van der Waals surface area contributed by atoms with Crippen LogP contribution in [0.3, 0.4) is 0 Å². The molecule has 2 aromatic heterocycles. The van der Waals surface area contributed by atoms with E-state index < -0.39 is 0 Å². The number of aromatic nitrogens is 2. The van der Waals surface area contributed by atoms with Crippen molar-refractivity contribution in [1.82, 2.24) is 19.4 Å². The van der Waals surface area contributed by atoms with Crippen LogP contribution < -0.4 is 0 Å². The third kappa shape index (κ3) is 3.53. The van der Waals surface area contributed by atoms with Gasteiger partial charge in [-0.15, -0.1) is 11.3 Å². The van der Waals surface area contributed by atoms with Gasteiger partial charge in [0.15, 0.2) is 0 Å². The maximum atomic E-state index is 12.5. The van der Waals surface area contributed by atoms with Gasteiger partial charge in [0.2, 0.25) is 5.91 Å². The van der Waals surface area contributed by atoms with E-state index in [4.69, 9.17) is 9.72 Å². The van der Waals surface area contributed by atoms with Crippen molar-refractivity contribution < 1.29 is 9.53 Å². The summed E-state index contributed by atoms with van der Waals surface area (Å²) in [5.74, 6) is 1.20. The van der Waals surface area contributed by atoms with Gasteiger partial charge in [-0.1, -0.05) is 6.07 Å². The molecule has 0 atom stereocenters. The van der Waals surface area contributed by atoms with Gasteiger partial charge in [0.05, 0.1) is 31.9 Å². The lowest BCUT2D eigenvalue weighted by Gasteiger charge is -2.27. The van der Waals surface area contributed by atoms with Crippen LogP contribution in [0.25, 0.3) is 0 Å². The molecule has 2 aromatic rings. The number of ether oxygens (including phenoxy) is 1. The minimum absolute atomic E-state index is 0.196. The fourth-order valence-corrected chi connectivity index (χ4v) is 3.96. The van der Waals surface area contributed by atoms with Crippen LogP contribution in [0.15, 0.2) is 23.7 Å². The highest BCUT2D eigenvalue weighted by molar-refractivity contribution is 7.10. The molecule has 0 unspecified atom stereocenters.